The molecule has 0 aliphatic heterocycles. The van der Waals surface area contributed by atoms with Gasteiger partial charge in [0, 0.05) is 0 Å². The van der Waals surface area contributed by atoms with Crippen LogP contribution in [0.25, 0.3) is 0 Å². The van der Waals surface area contributed by atoms with Crippen molar-refractivity contribution in [2.75, 3.05) is 13.3 Å². The van der Waals surface area contributed by atoms with E-state index in [0.29, 0.717) is 28.3 Å². The standard InChI is InChI=1S/C41H51OP/c1-29(28-43(31-14-8-5-9-15-31,32-16-10-6-11-17-32)33-18-12-7-13-19-33)35-20-21-36-34-26-38(42-4)41-27-30(41)22-25-40(41,3)37(34)23-24-39(35,36)2/h5-19,22,29,34-38,43H,20-21,23-28H2,1-4H3/t29-,34?,35-,36?,37?,38-,39-,40-,41+/m1/s1. The Balaban J connectivity index is 1.15. The van der Waals surface area contributed by atoms with E-state index >= 15 is 0 Å². The van der Waals surface area contributed by atoms with E-state index < -0.39 is 7.26 Å². The predicted octanol–water partition coefficient (Wildman–Crippen LogP) is 8.55. The van der Waals surface area contributed by atoms with Gasteiger partial charge in [0.1, 0.15) is 0 Å². The normalized spacial score (nSPS) is 38.7. The monoisotopic (exact) mass is 590 g/mol. The fraction of sp³-hybridized carbons (Fsp3) is 0.512. The third-order valence-corrected chi connectivity index (χ3v) is 19.7. The van der Waals surface area contributed by atoms with Crippen molar-refractivity contribution in [3.8, 4) is 0 Å². The minimum atomic E-state index is -2.26. The molecule has 4 saturated carbocycles. The van der Waals surface area contributed by atoms with E-state index in [4.69, 9.17) is 4.74 Å². The molecule has 5 aliphatic carbocycles. The first-order valence-electron chi connectivity index (χ1n) is 17.3. The van der Waals surface area contributed by atoms with Gasteiger partial charge in [-0.15, -0.1) is 0 Å². The summed E-state index contributed by atoms with van der Waals surface area (Å²) in [6.45, 7) is 8.06. The molecule has 1 spiro atoms. The van der Waals surface area contributed by atoms with Crippen molar-refractivity contribution >= 4 is 23.2 Å². The second-order valence-electron chi connectivity index (χ2n) is 15.7. The molecule has 0 amide bonds. The number of fused-ring (bicyclic) bond motifs is 4. The summed E-state index contributed by atoms with van der Waals surface area (Å²) < 4.78 is 6.40. The molecular formula is C41H51OP. The van der Waals surface area contributed by atoms with Gasteiger partial charge in [0.15, 0.2) is 0 Å². The van der Waals surface area contributed by atoms with Crippen LogP contribution in [0.5, 0.6) is 0 Å². The summed E-state index contributed by atoms with van der Waals surface area (Å²) >= 11 is 0. The molecule has 3 unspecified atom stereocenters. The summed E-state index contributed by atoms with van der Waals surface area (Å²) in [5, 5.41) is 4.68. The molecule has 8 rings (SSSR count). The van der Waals surface area contributed by atoms with Crippen LogP contribution < -0.4 is 15.9 Å². The molecule has 0 aromatic heterocycles. The molecule has 3 aromatic carbocycles. The van der Waals surface area contributed by atoms with Crippen LogP contribution in [0.3, 0.4) is 0 Å². The van der Waals surface area contributed by atoms with Crippen molar-refractivity contribution in [3.05, 3.63) is 103 Å². The van der Waals surface area contributed by atoms with E-state index in [1.54, 1.807) is 21.5 Å². The number of ether oxygens (including phenoxy) is 1. The number of benzene rings is 3. The van der Waals surface area contributed by atoms with Crippen LogP contribution in [0.15, 0.2) is 103 Å². The van der Waals surface area contributed by atoms with Crippen molar-refractivity contribution in [2.45, 2.75) is 71.8 Å². The zero-order valence-corrected chi connectivity index (χ0v) is 27.8. The Kier molecular flexibility index (Phi) is 6.68. The van der Waals surface area contributed by atoms with Crippen LogP contribution in [0.2, 0.25) is 0 Å². The van der Waals surface area contributed by atoms with Crippen molar-refractivity contribution in [1.82, 2.24) is 0 Å². The summed E-state index contributed by atoms with van der Waals surface area (Å²) in [5.74, 6) is 3.99. The van der Waals surface area contributed by atoms with Gasteiger partial charge < -0.3 is 0 Å². The van der Waals surface area contributed by atoms with Gasteiger partial charge in [0.05, 0.1) is 0 Å². The van der Waals surface area contributed by atoms with Gasteiger partial charge in [-0.3, -0.25) is 0 Å². The van der Waals surface area contributed by atoms with Crippen LogP contribution in [-0.2, 0) is 4.74 Å². The zero-order chi connectivity index (χ0) is 29.5. The van der Waals surface area contributed by atoms with Gasteiger partial charge in [0.25, 0.3) is 0 Å². The van der Waals surface area contributed by atoms with E-state index in [1.807, 2.05) is 7.11 Å². The van der Waals surface area contributed by atoms with Crippen molar-refractivity contribution in [2.24, 2.45) is 45.8 Å². The third kappa shape index (κ3) is 3.83. The molecule has 1 nitrogen and oxygen atoms in total. The second kappa shape index (κ2) is 10.2. The molecule has 5 aliphatic rings. The van der Waals surface area contributed by atoms with E-state index in [2.05, 4.69) is 118 Å². The summed E-state index contributed by atoms with van der Waals surface area (Å²) in [4.78, 5) is 0. The third-order valence-electron chi connectivity index (χ3n) is 14.5. The fourth-order valence-corrected chi connectivity index (χ4v) is 17.8. The summed E-state index contributed by atoms with van der Waals surface area (Å²) in [5.41, 5.74) is 2.99. The van der Waals surface area contributed by atoms with Crippen molar-refractivity contribution in [3.63, 3.8) is 0 Å². The Hall–Kier alpha value is -2.21. The summed E-state index contributed by atoms with van der Waals surface area (Å²) in [6, 6.07) is 34.8. The van der Waals surface area contributed by atoms with E-state index in [-0.39, 0.29) is 0 Å². The van der Waals surface area contributed by atoms with Gasteiger partial charge in [0.2, 0.25) is 0 Å². The number of allylic oxidation sites excluding steroid dienone is 1. The topological polar surface area (TPSA) is 9.23 Å². The Bertz CT molecular complexity index is 1400. The molecule has 0 saturated heterocycles. The van der Waals surface area contributed by atoms with Crippen molar-refractivity contribution in [1.29, 1.82) is 0 Å². The maximum atomic E-state index is 6.40. The first-order chi connectivity index (χ1) is 20.9. The number of hydrogen-bond acceptors (Lipinski definition) is 1. The molecule has 3 aromatic rings. The molecule has 2 heteroatoms. The second-order valence-corrected chi connectivity index (χ2v) is 19.7. The number of rotatable bonds is 7. The van der Waals surface area contributed by atoms with E-state index in [9.17, 15) is 0 Å². The van der Waals surface area contributed by atoms with Gasteiger partial charge >= 0.3 is 261 Å². The van der Waals surface area contributed by atoms with Crippen LogP contribution >= 0.6 is 7.26 Å². The van der Waals surface area contributed by atoms with Crippen LogP contribution in [0.1, 0.15) is 65.7 Å². The Morgan fingerprint density at radius 1 is 0.791 bits per heavy atom. The fourth-order valence-electron chi connectivity index (χ4n) is 12.5. The molecule has 43 heavy (non-hydrogen) atoms. The Labute approximate surface area is 260 Å². The first-order valence-corrected chi connectivity index (χ1v) is 19.5. The van der Waals surface area contributed by atoms with Gasteiger partial charge in [-0.25, -0.2) is 0 Å². The molecule has 226 valence electrons. The van der Waals surface area contributed by atoms with Crippen molar-refractivity contribution < 1.29 is 4.74 Å². The summed E-state index contributed by atoms with van der Waals surface area (Å²) in [7, 11) is -0.245. The zero-order valence-electron chi connectivity index (χ0n) is 26.8. The first kappa shape index (κ1) is 28.3. The molecule has 0 heterocycles. The predicted molar refractivity (Wildman–Crippen MR) is 184 cm³/mol. The molecule has 0 bridgehead atoms. The van der Waals surface area contributed by atoms with Crippen LogP contribution in [-0.4, -0.2) is 19.4 Å². The summed E-state index contributed by atoms with van der Waals surface area (Å²) in [6.07, 6.45) is 13.9. The average molecular weight is 591 g/mol. The van der Waals surface area contributed by atoms with Gasteiger partial charge in [-0.2, -0.15) is 0 Å². The Morgan fingerprint density at radius 2 is 1.37 bits per heavy atom. The molecular weight excluding hydrogens is 539 g/mol. The quantitative estimate of drug-likeness (QED) is 0.198. The average Bonchev–Trinajstić information content (AvgIpc) is 3.55. The van der Waals surface area contributed by atoms with Gasteiger partial charge in [-0.1, -0.05) is 0 Å². The SMILES string of the molecule is CO[C@@H]1CC2C3CC[C@H]([C@H](C)C[PH](c4ccccc4)(c4ccccc4)c4ccccc4)[C@@]3(C)CCC2[C@@]2(C)CC=C3C[C@]312. The van der Waals surface area contributed by atoms with Gasteiger partial charge in [-0.05, 0) is 0 Å². The molecule has 0 N–H and O–H groups in total. The van der Waals surface area contributed by atoms with E-state index in [1.165, 1.54) is 51.1 Å². The number of methoxy groups -OCH3 is 1. The molecule has 0 radical (unpaired) electrons. The van der Waals surface area contributed by atoms with E-state index in [0.717, 1.165) is 23.7 Å². The Morgan fingerprint density at radius 3 is 1.91 bits per heavy atom. The van der Waals surface area contributed by atoms with Crippen LogP contribution in [0.4, 0.5) is 0 Å². The van der Waals surface area contributed by atoms with Crippen LogP contribution in [0, 0.1) is 45.8 Å². The molecule has 9 atom stereocenters. The number of hydrogen-bond donors (Lipinski definition) is 0. The molecule has 4 fully saturated rings. The maximum absolute atomic E-state index is 6.40. The minimum absolute atomic E-state index is 0.383.